The van der Waals surface area contributed by atoms with Crippen LogP contribution in [0.1, 0.15) is 34.1 Å². The van der Waals surface area contributed by atoms with Gasteiger partial charge in [0, 0.05) is 25.0 Å². The largest absolute Gasteiger partial charge is 0.494 e. The van der Waals surface area contributed by atoms with Gasteiger partial charge in [0.1, 0.15) is 6.17 Å². The SMILES string of the molecule is CC1(C)OB(c2ccc3c(cnn3CCN3CCC(F)C3)c2)OC1(C)C. The fourth-order valence-corrected chi connectivity index (χ4v) is 3.63. The van der Waals surface area contributed by atoms with Gasteiger partial charge in [0.2, 0.25) is 0 Å². The molecule has 2 aliphatic rings. The van der Waals surface area contributed by atoms with Crippen LogP contribution in [0.25, 0.3) is 10.9 Å². The standard InChI is InChI=1S/C19H27BFN3O2/c1-18(2)19(3,4)26-20(25-18)15-5-6-17-14(11-15)12-22-24(17)10-9-23-8-7-16(21)13-23/h5-6,11-12,16H,7-10,13H2,1-4H3. The summed E-state index contributed by atoms with van der Waals surface area (Å²) in [7, 11) is -0.362. The molecule has 4 rings (SSSR count). The number of aromatic nitrogens is 2. The third-order valence-corrected chi connectivity index (χ3v) is 6.03. The number of nitrogens with zero attached hydrogens (tertiary/aromatic N) is 3. The first-order chi connectivity index (χ1) is 12.2. The minimum atomic E-state index is -0.674. The lowest BCUT2D eigenvalue weighted by molar-refractivity contribution is 0.00578. The van der Waals surface area contributed by atoms with Gasteiger partial charge in [0.05, 0.1) is 29.5 Å². The summed E-state index contributed by atoms with van der Waals surface area (Å²) in [4.78, 5) is 2.16. The molecule has 2 aliphatic heterocycles. The van der Waals surface area contributed by atoms with E-state index < -0.39 is 6.17 Å². The first-order valence-corrected chi connectivity index (χ1v) is 9.43. The Balaban J connectivity index is 1.49. The van der Waals surface area contributed by atoms with Gasteiger partial charge in [-0.1, -0.05) is 12.1 Å². The van der Waals surface area contributed by atoms with Gasteiger partial charge in [-0.3, -0.25) is 9.58 Å². The van der Waals surface area contributed by atoms with E-state index in [1.54, 1.807) is 0 Å². The molecule has 0 aliphatic carbocycles. The van der Waals surface area contributed by atoms with Crippen LogP contribution < -0.4 is 5.46 Å². The van der Waals surface area contributed by atoms with Crippen LogP contribution in [-0.4, -0.2) is 58.8 Å². The van der Waals surface area contributed by atoms with Gasteiger partial charge in [-0.2, -0.15) is 5.10 Å². The highest BCUT2D eigenvalue weighted by atomic mass is 19.1. The number of hydrogen-bond acceptors (Lipinski definition) is 4. The average molecular weight is 359 g/mol. The molecule has 0 spiro atoms. The molecule has 1 unspecified atom stereocenters. The van der Waals surface area contributed by atoms with Gasteiger partial charge in [-0.25, -0.2) is 4.39 Å². The average Bonchev–Trinajstić information content (AvgIpc) is 3.22. The molecule has 26 heavy (non-hydrogen) atoms. The molecule has 140 valence electrons. The Kier molecular flexibility index (Phi) is 4.37. The zero-order valence-corrected chi connectivity index (χ0v) is 16.0. The van der Waals surface area contributed by atoms with E-state index in [-0.39, 0.29) is 18.3 Å². The zero-order chi connectivity index (χ0) is 18.5. The Morgan fingerprint density at radius 1 is 1.19 bits per heavy atom. The van der Waals surface area contributed by atoms with Gasteiger partial charge >= 0.3 is 7.12 Å². The fraction of sp³-hybridized carbons (Fsp3) is 0.632. The summed E-state index contributed by atoms with van der Waals surface area (Å²) < 4.78 is 27.6. The smallest absolute Gasteiger partial charge is 0.399 e. The van der Waals surface area contributed by atoms with Crippen LogP contribution in [0, 0.1) is 0 Å². The molecule has 0 bridgehead atoms. The van der Waals surface area contributed by atoms with E-state index in [0.717, 1.165) is 36.0 Å². The highest BCUT2D eigenvalue weighted by molar-refractivity contribution is 6.62. The maximum absolute atomic E-state index is 13.3. The van der Waals surface area contributed by atoms with Gasteiger partial charge in [-0.05, 0) is 45.6 Å². The second-order valence-electron chi connectivity index (χ2n) is 8.46. The summed E-state index contributed by atoms with van der Waals surface area (Å²) in [5, 5.41) is 5.59. The molecule has 0 N–H and O–H groups in total. The fourth-order valence-electron chi connectivity index (χ4n) is 3.63. The number of benzene rings is 1. The second kappa shape index (κ2) is 6.32. The van der Waals surface area contributed by atoms with E-state index in [0.29, 0.717) is 13.0 Å². The Bertz CT molecular complexity index is 791. The van der Waals surface area contributed by atoms with Crippen LogP contribution in [-0.2, 0) is 15.9 Å². The maximum atomic E-state index is 13.3. The lowest BCUT2D eigenvalue weighted by atomic mass is 9.79. The van der Waals surface area contributed by atoms with Gasteiger partial charge in [0.25, 0.3) is 0 Å². The summed E-state index contributed by atoms with van der Waals surface area (Å²) in [5.41, 5.74) is 1.40. The predicted octanol–water partition coefficient (Wildman–Crippen LogP) is 2.38. The minimum Gasteiger partial charge on any atom is -0.399 e. The zero-order valence-electron chi connectivity index (χ0n) is 16.0. The highest BCUT2D eigenvalue weighted by Gasteiger charge is 2.51. The van der Waals surface area contributed by atoms with Crippen molar-refractivity contribution < 1.29 is 13.7 Å². The Labute approximate surface area is 154 Å². The molecule has 2 saturated heterocycles. The second-order valence-corrected chi connectivity index (χ2v) is 8.46. The van der Waals surface area contributed by atoms with Crippen LogP contribution in [0.5, 0.6) is 0 Å². The number of halogens is 1. The van der Waals surface area contributed by atoms with E-state index in [9.17, 15) is 4.39 Å². The van der Waals surface area contributed by atoms with Crippen LogP contribution in [0.2, 0.25) is 0 Å². The van der Waals surface area contributed by atoms with Crippen LogP contribution >= 0.6 is 0 Å². The molecule has 0 saturated carbocycles. The number of hydrogen-bond donors (Lipinski definition) is 0. The number of likely N-dealkylation sites (tertiary alicyclic amines) is 1. The molecule has 1 aromatic heterocycles. The van der Waals surface area contributed by atoms with Crippen molar-refractivity contribution in [3.05, 3.63) is 24.4 Å². The lowest BCUT2D eigenvalue weighted by Crippen LogP contribution is -2.41. The van der Waals surface area contributed by atoms with E-state index in [4.69, 9.17) is 9.31 Å². The quantitative estimate of drug-likeness (QED) is 0.786. The highest BCUT2D eigenvalue weighted by Crippen LogP contribution is 2.36. The molecule has 5 nitrogen and oxygen atoms in total. The van der Waals surface area contributed by atoms with E-state index in [1.165, 1.54) is 0 Å². The monoisotopic (exact) mass is 359 g/mol. The molecule has 7 heteroatoms. The lowest BCUT2D eigenvalue weighted by Gasteiger charge is -2.32. The molecule has 2 aromatic rings. The van der Waals surface area contributed by atoms with Crippen molar-refractivity contribution >= 4 is 23.5 Å². The third-order valence-electron chi connectivity index (χ3n) is 6.03. The van der Waals surface area contributed by atoms with Gasteiger partial charge < -0.3 is 9.31 Å². The summed E-state index contributed by atoms with van der Waals surface area (Å²) in [6, 6.07) is 6.22. The van der Waals surface area contributed by atoms with E-state index >= 15 is 0 Å². The Morgan fingerprint density at radius 2 is 1.92 bits per heavy atom. The van der Waals surface area contributed by atoms with Crippen LogP contribution in [0.15, 0.2) is 24.4 Å². The van der Waals surface area contributed by atoms with Crippen molar-refractivity contribution in [2.75, 3.05) is 19.6 Å². The van der Waals surface area contributed by atoms with Crippen molar-refractivity contribution in [1.82, 2.24) is 14.7 Å². The normalized spacial score (nSPS) is 25.4. The molecule has 2 fully saturated rings. The molecule has 1 aromatic carbocycles. The van der Waals surface area contributed by atoms with Crippen molar-refractivity contribution in [2.24, 2.45) is 0 Å². The number of fused-ring (bicyclic) bond motifs is 1. The first-order valence-electron chi connectivity index (χ1n) is 9.43. The van der Waals surface area contributed by atoms with E-state index in [2.05, 4.69) is 55.9 Å². The Morgan fingerprint density at radius 3 is 2.58 bits per heavy atom. The van der Waals surface area contributed by atoms with E-state index in [1.807, 2.05) is 10.9 Å². The predicted molar refractivity (Wildman–Crippen MR) is 101 cm³/mol. The minimum absolute atomic E-state index is 0.346. The molecular formula is C19H27BFN3O2. The summed E-state index contributed by atoms with van der Waals surface area (Å²) in [6.45, 7) is 11.2. The van der Waals surface area contributed by atoms with Crippen molar-refractivity contribution in [1.29, 1.82) is 0 Å². The summed E-state index contributed by atoms with van der Waals surface area (Å²) >= 11 is 0. The molecule has 1 atom stereocenters. The van der Waals surface area contributed by atoms with Gasteiger partial charge in [0.15, 0.2) is 0 Å². The maximum Gasteiger partial charge on any atom is 0.494 e. The van der Waals surface area contributed by atoms with Crippen molar-refractivity contribution in [3.63, 3.8) is 0 Å². The van der Waals surface area contributed by atoms with Crippen LogP contribution in [0.4, 0.5) is 4.39 Å². The first kappa shape index (κ1) is 18.0. The topological polar surface area (TPSA) is 39.5 Å². The van der Waals surface area contributed by atoms with Crippen molar-refractivity contribution in [2.45, 2.75) is 58.0 Å². The molecule has 0 radical (unpaired) electrons. The Hall–Kier alpha value is -1.44. The molecule has 0 amide bonds. The van der Waals surface area contributed by atoms with Gasteiger partial charge in [-0.15, -0.1) is 0 Å². The molecular weight excluding hydrogens is 332 g/mol. The van der Waals surface area contributed by atoms with Crippen molar-refractivity contribution in [3.8, 4) is 0 Å². The number of alkyl halides is 1. The third kappa shape index (κ3) is 3.17. The molecule has 3 heterocycles. The van der Waals surface area contributed by atoms with Crippen LogP contribution in [0.3, 0.4) is 0 Å². The number of rotatable bonds is 4. The summed E-state index contributed by atoms with van der Waals surface area (Å²) in [5.74, 6) is 0. The summed E-state index contributed by atoms with van der Waals surface area (Å²) in [6.07, 6.45) is 1.86.